The molecule has 0 aliphatic heterocycles. The van der Waals surface area contributed by atoms with Crippen molar-refractivity contribution in [3.8, 4) is 11.4 Å². The summed E-state index contributed by atoms with van der Waals surface area (Å²) < 4.78 is 34.9. The predicted molar refractivity (Wildman–Crippen MR) is 108 cm³/mol. The van der Waals surface area contributed by atoms with Crippen LogP contribution in [0.25, 0.3) is 5.69 Å². The van der Waals surface area contributed by atoms with Crippen LogP contribution in [-0.2, 0) is 10.0 Å². The lowest BCUT2D eigenvalue weighted by atomic mass is 10.3. The van der Waals surface area contributed by atoms with E-state index in [1.807, 2.05) is 6.92 Å². The first-order chi connectivity index (χ1) is 13.8. The average molecular weight is 416 g/mol. The molecule has 2 aromatic carbocycles. The lowest BCUT2D eigenvalue weighted by Gasteiger charge is -2.11. The molecule has 1 heterocycles. The molecule has 0 radical (unpaired) electrons. The van der Waals surface area contributed by atoms with Gasteiger partial charge in [0.05, 0.1) is 27.8 Å². The number of nitrogens with zero attached hydrogens (tertiary/aromatic N) is 3. The Morgan fingerprint density at radius 2 is 1.79 bits per heavy atom. The fourth-order valence-electron chi connectivity index (χ4n) is 2.62. The van der Waals surface area contributed by atoms with Crippen LogP contribution >= 0.6 is 0 Å². The smallest absolute Gasteiger partial charge is 0.269 e. The van der Waals surface area contributed by atoms with Crippen LogP contribution in [0.3, 0.4) is 0 Å². The van der Waals surface area contributed by atoms with Gasteiger partial charge in [0.15, 0.2) is 0 Å². The lowest BCUT2D eigenvalue weighted by molar-refractivity contribution is -0.384. The number of nitrogens with one attached hydrogen (secondary N) is 1. The van der Waals surface area contributed by atoms with E-state index in [1.54, 1.807) is 25.1 Å². The van der Waals surface area contributed by atoms with Crippen LogP contribution in [0.5, 0.6) is 5.75 Å². The highest BCUT2D eigenvalue weighted by Crippen LogP contribution is 2.23. The van der Waals surface area contributed by atoms with Crippen molar-refractivity contribution < 1.29 is 18.1 Å². The van der Waals surface area contributed by atoms with Crippen molar-refractivity contribution in [1.82, 2.24) is 9.78 Å². The van der Waals surface area contributed by atoms with Gasteiger partial charge >= 0.3 is 0 Å². The summed E-state index contributed by atoms with van der Waals surface area (Å²) in [5, 5.41) is 15.1. The van der Waals surface area contributed by atoms with Gasteiger partial charge in [-0.1, -0.05) is 6.92 Å². The third kappa shape index (κ3) is 4.72. The Morgan fingerprint density at radius 3 is 2.38 bits per heavy atom. The van der Waals surface area contributed by atoms with Gasteiger partial charge in [0.1, 0.15) is 11.6 Å². The van der Waals surface area contributed by atoms with Crippen LogP contribution in [0.2, 0.25) is 0 Å². The summed E-state index contributed by atoms with van der Waals surface area (Å²) in [6.07, 6.45) is 0.855. The number of aryl methyl sites for hydroxylation is 1. The van der Waals surface area contributed by atoms with E-state index in [-0.39, 0.29) is 16.4 Å². The molecule has 1 aromatic heterocycles. The molecule has 0 aliphatic carbocycles. The summed E-state index contributed by atoms with van der Waals surface area (Å²) in [6.45, 7) is 4.26. The van der Waals surface area contributed by atoms with Crippen LogP contribution in [0.4, 0.5) is 11.5 Å². The number of ether oxygens (including phenoxy) is 1. The minimum absolute atomic E-state index is 0.0647. The summed E-state index contributed by atoms with van der Waals surface area (Å²) in [5.74, 6) is 0.820. The maximum Gasteiger partial charge on any atom is 0.269 e. The first-order valence-corrected chi connectivity index (χ1v) is 10.4. The highest BCUT2D eigenvalue weighted by molar-refractivity contribution is 7.92. The van der Waals surface area contributed by atoms with Crippen molar-refractivity contribution in [2.24, 2.45) is 0 Å². The van der Waals surface area contributed by atoms with E-state index in [0.717, 1.165) is 6.42 Å². The lowest BCUT2D eigenvalue weighted by Crippen LogP contribution is -2.16. The minimum atomic E-state index is -3.86. The zero-order chi connectivity index (χ0) is 21.0. The molecule has 0 fully saturated rings. The van der Waals surface area contributed by atoms with Gasteiger partial charge in [-0.25, -0.2) is 13.1 Å². The number of nitro groups is 1. The zero-order valence-electron chi connectivity index (χ0n) is 15.9. The van der Waals surface area contributed by atoms with Crippen molar-refractivity contribution in [3.63, 3.8) is 0 Å². The second-order valence-corrected chi connectivity index (χ2v) is 7.96. The Bertz CT molecular complexity index is 1110. The number of benzene rings is 2. The quantitative estimate of drug-likeness (QED) is 0.442. The molecular formula is C19H20N4O5S. The summed E-state index contributed by atoms with van der Waals surface area (Å²) >= 11 is 0. The van der Waals surface area contributed by atoms with Gasteiger partial charge in [-0.3, -0.25) is 14.8 Å². The Hall–Kier alpha value is -3.40. The van der Waals surface area contributed by atoms with Crippen LogP contribution in [0.15, 0.2) is 59.5 Å². The number of aromatic nitrogens is 2. The summed E-state index contributed by atoms with van der Waals surface area (Å²) in [7, 11) is -3.86. The fraction of sp³-hybridized carbons (Fsp3) is 0.211. The van der Waals surface area contributed by atoms with E-state index in [9.17, 15) is 18.5 Å². The number of anilines is 1. The van der Waals surface area contributed by atoms with Gasteiger partial charge in [0.2, 0.25) is 0 Å². The van der Waals surface area contributed by atoms with Crippen molar-refractivity contribution in [3.05, 3.63) is 70.4 Å². The molecule has 10 heteroatoms. The summed E-state index contributed by atoms with van der Waals surface area (Å²) in [5.41, 5.74) is 1.01. The molecule has 3 aromatic rings. The number of hydrogen-bond donors (Lipinski definition) is 1. The minimum Gasteiger partial charge on any atom is -0.494 e. The molecule has 29 heavy (non-hydrogen) atoms. The average Bonchev–Trinajstić information content (AvgIpc) is 3.06. The molecule has 9 nitrogen and oxygen atoms in total. The van der Waals surface area contributed by atoms with Gasteiger partial charge in [-0.2, -0.15) is 5.10 Å². The Kier molecular flexibility index (Phi) is 5.83. The van der Waals surface area contributed by atoms with Crippen LogP contribution in [0, 0.1) is 17.0 Å². The standard InChI is InChI=1S/C19H20N4O5S/c1-3-12-28-17-8-10-18(11-9-17)29(26,27)21-19-13-14(2)20-22(19)15-4-6-16(7-5-15)23(24)25/h4-11,13,21H,3,12H2,1-2H3. The largest absolute Gasteiger partial charge is 0.494 e. The van der Waals surface area contributed by atoms with Gasteiger partial charge in [0.25, 0.3) is 15.7 Å². The second kappa shape index (κ2) is 8.31. The van der Waals surface area contributed by atoms with E-state index in [2.05, 4.69) is 9.82 Å². The number of sulfonamides is 1. The fourth-order valence-corrected chi connectivity index (χ4v) is 3.65. The summed E-state index contributed by atoms with van der Waals surface area (Å²) in [6, 6.07) is 13.4. The molecule has 3 rings (SSSR count). The number of rotatable bonds is 8. The summed E-state index contributed by atoms with van der Waals surface area (Å²) in [4.78, 5) is 10.4. The third-order valence-corrected chi connectivity index (χ3v) is 5.35. The van der Waals surface area contributed by atoms with Gasteiger partial charge in [-0.05, 0) is 49.7 Å². The maximum absolute atomic E-state index is 12.8. The topological polar surface area (TPSA) is 116 Å². The SMILES string of the molecule is CCCOc1ccc(S(=O)(=O)Nc2cc(C)nn2-c2ccc([N+](=O)[O-])cc2)cc1. The number of non-ortho nitro benzene ring substituents is 1. The van der Waals surface area contributed by atoms with E-state index >= 15 is 0 Å². The van der Waals surface area contributed by atoms with E-state index in [4.69, 9.17) is 4.74 Å². The molecule has 0 bridgehead atoms. The molecule has 0 saturated carbocycles. The monoisotopic (exact) mass is 416 g/mol. The van der Waals surface area contributed by atoms with Gasteiger partial charge in [-0.15, -0.1) is 0 Å². The third-order valence-electron chi connectivity index (χ3n) is 3.98. The molecule has 0 amide bonds. The molecule has 0 unspecified atom stereocenters. The van der Waals surface area contributed by atoms with Crippen LogP contribution in [-0.4, -0.2) is 29.7 Å². The molecular weight excluding hydrogens is 396 g/mol. The van der Waals surface area contributed by atoms with E-state index in [1.165, 1.54) is 41.1 Å². The molecule has 1 N–H and O–H groups in total. The van der Waals surface area contributed by atoms with Crippen molar-refractivity contribution in [2.75, 3.05) is 11.3 Å². The highest BCUT2D eigenvalue weighted by atomic mass is 32.2. The first kappa shape index (κ1) is 20.3. The van der Waals surface area contributed by atoms with Crippen LogP contribution < -0.4 is 9.46 Å². The van der Waals surface area contributed by atoms with Crippen molar-refractivity contribution in [1.29, 1.82) is 0 Å². The van der Waals surface area contributed by atoms with Gasteiger partial charge in [0, 0.05) is 18.2 Å². The molecule has 0 spiro atoms. The Labute approximate surface area is 168 Å². The van der Waals surface area contributed by atoms with Crippen molar-refractivity contribution >= 4 is 21.5 Å². The second-order valence-electron chi connectivity index (χ2n) is 6.28. The molecule has 0 atom stereocenters. The predicted octanol–water partition coefficient (Wildman–Crippen LogP) is 3.68. The Balaban J connectivity index is 1.87. The maximum atomic E-state index is 12.8. The Morgan fingerprint density at radius 1 is 1.14 bits per heavy atom. The molecule has 0 saturated heterocycles. The number of nitro benzene ring substituents is 1. The molecule has 152 valence electrons. The van der Waals surface area contributed by atoms with Crippen LogP contribution in [0.1, 0.15) is 19.0 Å². The number of hydrogen-bond acceptors (Lipinski definition) is 6. The first-order valence-electron chi connectivity index (χ1n) is 8.87. The van der Waals surface area contributed by atoms with Gasteiger partial charge < -0.3 is 4.74 Å². The normalized spacial score (nSPS) is 11.2. The zero-order valence-corrected chi connectivity index (χ0v) is 16.7. The van der Waals surface area contributed by atoms with Crippen molar-refractivity contribution in [2.45, 2.75) is 25.2 Å². The van der Waals surface area contributed by atoms with E-state index < -0.39 is 14.9 Å². The highest BCUT2D eigenvalue weighted by Gasteiger charge is 2.18. The van der Waals surface area contributed by atoms with E-state index in [0.29, 0.717) is 23.7 Å². The molecule has 0 aliphatic rings.